The molecule has 0 saturated heterocycles. The molecule has 0 aromatic heterocycles. The molecule has 2 radical (unpaired) electrons. The Morgan fingerprint density at radius 2 is 1.64 bits per heavy atom. The third kappa shape index (κ3) is 1.08. The molecule has 0 heterocycles. The second-order valence-corrected chi connectivity index (χ2v) is 3.35. The highest BCUT2D eigenvalue weighted by Gasteiger charge is 1.96. The van der Waals surface area contributed by atoms with Crippen LogP contribution in [0, 0.1) is 12.1 Å². The Kier molecular flexibility index (Phi) is 1.54. The Labute approximate surface area is 82.8 Å². The lowest BCUT2D eigenvalue weighted by molar-refractivity contribution is 1.75. The molecule has 0 spiro atoms. The molecule has 0 fully saturated rings. The normalized spacial score (nSPS) is 10.9. The van der Waals surface area contributed by atoms with E-state index in [1.807, 2.05) is 24.3 Å². The van der Waals surface area contributed by atoms with E-state index in [1.54, 1.807) is 0 Å². The molecule has 64 valence electrons. The first kappa shape index (κ1) is 7.57. The van der Waals surface area contributed by atoms with Crippen molar-refractivity contribution in [2.45, 2.75) is 0 Å². The smallest absolute Gasteiger partial charge is 0.00141 e. The minimum Gasteiger partial charge on any atom is -0.0616 e. The summed E-state index contributed by atoms with van der Waals surface area (Å²) in [6, 6.07) is 23.0. The lowest BCUT2D eigenvalue weighted by Crippen LogP contribution is -1.75. The minimum atomic E-state index is 1.13. The zero-order valence-electron chi connectivity index (χ0n) is 7.62. The van der Waals surface area contributed by atoms with Gasteiger partial charge in [-0.15, -0.1) is 0 Å². The fourth-order valence-electron chi connectivity index (χ4n) is 1.72. The van der Waals surface area contributed by atoms with Gasteiger partial charge in [0, 0.05) is 0 Å². The summed E-state index contributed by atoms with van der Waals surface area (Å²) in [5, 5.41) is 4.65. The average molecular weight is 176 g/mol. The second kappa shape index (κ2) is 2.85. The van der Waals surface area contributed by atoms with Crippen LogP contribution in [0.2, 0.25) is 0 Å². The van der Waals surface area contributed by atoms with Gasteiger partial charge in [0.25, 0.3) is 0 Å². The third-order valence-electron chi connectivity index (χ3n) is 2.42. The van der Waals surface area contributed by atoms with E-state index < -0.39 is 0 Å². The summed E-state index contributed by atoms with van der Waals surface area (Å²) in [5.41, 5.74) is 0. The van der Waals surface area contributed by atoms with Gasteiger partial charge in [-0.2, -0.15) is 0 Å². The van der Waals surface area contributed by atoms with Gasteiger partial charge in [-0.05, 0) is 39.7 Å². The molecule has 0 atom stereocenters. The molecular formula is C14H8. The van der Waals surface area contributed by atoms with Crippen molar-refractivity contribution in [1.82, 2.24) is 0 Å². The predicted octanol–water partition coefficient (Wildman–Crippen LogP) is 3.59. The molecule has 3 aromatic rings. The van der Waals surface area contributed by atoms with Crippen LogP contribution in [0.4, 0.5) is 0 Å². The van der Waals surface area contributed by atoms with E-state index in [-0.39, 0.29) is 0 Å². The van der Waals surface area contributed by atoms with Crippen LogP contribution in [0.25, 0.3) is 21.5 Å². The highest BCUT2D eigenvalue weighted by atomic mass is 14.0. The van der Waals surface area contributed by atoms with Crippen LogP contribution in [0.3, 0.4) is 0 Å². The van der Waals surface area contributed by atoms with Crippen molar-refractivity contribution >= 4 is 21.5 Å². The summed E-state index contributed by atoms with van der Waals surface area (Å²) in [4.78, 5) is 0. The largest absolute Gasteiger partial charge is 0.0616 e. The van der Waals surface area contributed by atoms with Crippen LogP contribution in [-0.2, 0) is 0 Å². The highest BCUT2D eigenvalue weighted by molar-refractivity contribution is 5.97. The molecule has 0 amide bonds. The fourth-order valence-corrected chi connectivity index (χ4v) is 1.72. The molecule has 0 heteroatoms. The molecule has 3 rings (SSSR count). The topological polar surface area (TPSA) is 0 Å². The van der Waals surface area contributed by atoms with Crippen LogP contribution in [-0.4, -0.2) is 0 Å². The van der Waals surface area contributed by atoms with E-state index in [9.17, 15) is 0 Å². The fraction of sp³-hybridized carbons (Fsp3) is 0. The van der Waals surface area contributed by atoms with Crippen LogP contribution in [0.1, 0.15) is 0 Å². The maximum Gasteiger partial charge on any atom is -0.00141 e. The third-order valence-corrected chi connectivity index (χ3v) is 2.42. The SMILES string of the molecule is [c]1cccc2[c]c3ccccc3cc12. The number of hydrogen-bond donors (Lipinski definition) is 0. The van der Waals surface area contributed by atoms with E-state index in [0.29, 0.717) is 0 Å². The standard InChI is InChI=1S/C14H8/c1-2-6-12-10-14-8-4-3-7-13(14)9-11(12)5-1/h1-7,10H. The lowest BCUT2D eigenvalue weighted by Gasteiger charge is -1.99. The number of fused-ring (bicyclic) bond motifs is 2. The first-order chi connectivity index (χ1) is 6.93. The van der Waals surface area contributed by atoms with Crippen LogP contribution in [0.15, 0.2) is 48.5 Å². The highest BCUT2D eigenvalue weighted by Crippen LogP contribution is 2.20. The van der Waals surface area contributed by atoms with Gasteiger partial charge >= 0.3 is 0 Å². The zero-order valence-corrected chi connectivity index (χ0v) is 7.62. The molecule has 0 aliphatic carbocycles. The molecule has 0 aliphatic heterocycles. The summed E-state index contributed by atoms with van der Waals surface area (Å²) in [6.45, 7) is 0. The van der Waals surface area contributed by atoms with E-state index in [1.165, 1.54) is 10.8 Å². The maximum atomic E-state index is 3.38. The van der Waals surface area contributed by atoms with Crippen molar-refractivity contribution in [2.24, 2.45) is 0 Å². The molecule has 0 unspecified atom stereocenters. The monoisotopic (exact) mass is 176 g/mol. The second-order valence-electron chi connectivity index (χ2n) is 3.35. The van der Waals surface area contributed by atoms with Crippen molar-refractivity contribution in [1.29, 1.82) is 0 Å². The maximum absolute atomic E-state index is 3.38. The summed E-state index contributed by atoms with van der Waals surface area (Å²) in [7, 11) is 0. The van der Waals surface area contributed by atoms with Crippen LogP contribution >= 0.6 is 0 Å². The number of benzene rings is 3. The first-order valence-corrected chi connectivity index (χ1v) is 4.65. The van der Waals surface area contributed by atoms with Gasteiger partial charge in [0.05, 0.1) is 0 Å². The molecule has 0 saturated carbocycles. The Hall–Kier alpha value is -1.82. The molecule has 0 bridgehead atoms. The summed E-state index contributed by atoms with van der Waals surface area (Å²) in [5.74, 6) is 0. The van der Waals surface area contributed by atoms with Gasteiger partial charge in [0.2, 0.25) is 0 Å². The molecule has 3 aromatic carbocycles. The average Bonchev–Trinajstić information content (AvgIpc) is 2.26. The lowest BCUT2D eigenvalue weighted by atomic mass is 10.0. The zero-order chi connectivity index (χ0) is 9.38. The van der Waals surface area contributed by atoms with E-state index >= 15 is 0 Å². The van der Waals surface area contributed by atoms with E-state index in [4.69, 9.17) is 0 Å². The quantitative estimate of drug-likeness (QED) is 0.459. The number of rotatable bonds is 0. The Morgan fingerprint density at radius 1 is 0.786 bits per heavy atom. The van der Waals surface area contributed by atoms with Gasteiger partial charge in [0.1, 0.15) is 0 Å². The molecular weight excluding hydrogens is 168 g/mol. The number of hydrogen-bond acceptors (Lipinski definition) is 0. The van der Waals surface area contributed by atoms with Crippen molar-refractivity contribution < 1.29 is 0 Å². The predicted molar refractivity (Wildman–Crippen MR) is 59.1 cm³/mol. The molecule has 14 heavy (non-hydrogen) atoms. The van der Waals surface area contributed by atoms with Crippen molar-refractivity contribution in [3.63, 3.8) is 0 Å². The van der Waals surface area contributed by atoms with Gasteiger partial charge in [-0.1, -0.05) is 42.5 Å². The Bertz CT molecular complexity index is 489. The van der Waals surface area contributed by atoms with Gasteiger partial charge in [0.15, 0.2) is 0 Å². The molecule has 0 N–H and O–H groups in total. The Morgan fingerprint density at radius 3 is 2.64 bits per heavy atom. The van der Waals surface area contributed by atoms with Crippen molar-refractivity contribution in [3.05, 3.63) is 60.7 Å². The summed E-state index contributed by atoms with van der Waals surface area (Å²) in [6.07, 6.45) is 0. The van der Waals surface area contributed by atoms with Crippen molar-refractivity contribution in [2.75, 3.05) is 0 Å². The van der Waals surface area contributed by atoms with E-state index in [0.717, 1.165) is 10.8 Å². The minimum absolute atomic E-state index is 1.13. The van der Waals surface area contributed by atoms with E-state index in [2.05, 4.69) is 36.4 Å². The molecule has 0 aliphatic rings. The Balaban J connectivity index is 2.52. The van der Waals surface area contributed by atoms with Gasteiger partial charge < -0.3 is 0 Å². The van der Waals surface area contributed by atoms with Crippen molar-refractivity contribution in [3.8, 4) is 0 Å². The van der Waals surface area contributed by atoms with Gasteiger partial charge in [-0.25, -0.2) is 0 Å². The summed E-state index contributed by atoms with van der Waals surface area (Å²) < 4.78 is 0. The van der Waals surface area contributed by atoms with Crippen LogP contribution < -0.4 is 0 Å². The van der Waals surface area contributed by atoms with Crippen LogP contribution in [0.5, 0.6) is 0 Å². The van der Waals surface area contributed by atoms with Gasteiger partial charge in [-0.3, -0.25) is 0 Å². The summed E-state index contributed by atoms with van der Waals surface area (Å²) >= 11 is 0. The first-order valence-electron chi connectivity index (χ1n) is 4.65. The molecule has 0 nitrogen and oxygen atoms in total.